The van der Waals surface area contributed by atoms with Crippen LogP contribution in [0.15, 0.2) is 0 Å². The van der Waals surface area contributed by atoms with Crippen molar-refractivity contribution < 1.29 is 5.11 Å². The van der Waals surface area contributed by atoms with E-state index in [0.717, 1.165) is 36.8 Å². The predicted molar refractivity (Wildman–Crippen MR) is 56.5 cm³/mol. The van der Waals surface area contributed by atoms with Gasteiger partial charge in [-0.3, -0.25) is 0 Å². The van der Waals surface area contributed by atoms with Crippen molar-refractivity contribution in [2.75, 3.05) is 11.9 Å². The number of aliphatic hydroxyl groups is 1. The maximum absolute atomic E-state index is 9.10. The molecular formula is C9H15N3OS. The minimum atomic E-state index is -0.0672. The lowest BCUT2D eigenvalue weighted by Crippen LogP contribution is -2.33. The molecule has 1 heterocycles. The van der Waals surface area contributed by atoms with E-state index in [4.69, 9.17) is 5.11 Å². The average molecular weight is 213 g/mol. The highest BCUT2D eigenvalue weighted by molar-refractivity contribution is 7.09. The fourth-order valence-electron chi connectivity index (χ4n) is 1.57. The lowest BCUT2D eigenvalue weighted by Gasteiger charge is -2.31. The van der Waals surface area contributed by atoms with Crippen molar-refractivity contribution in [1.82, 2.24) is 9.36 Å². The Kier molecular flexibility index (Phi) is 2.98. The quantitative estimate of drug-likeness (QED) is 0.791. The lowest BCUT2D eigenvalue weighted by molar-refractivity contribution is 0.0487. The maximum atomic E-state index is 9.10. The van der Waals surface area contributed by atoms with Gasteiger partial charge in [-0.2, -0.15) is 4.37 Å². The summed E-state index contributed by atoms with van der Waals surface area (Å²) in [6.45, 7) is 2.96. The largest absolute Gasteiger partial charge is 0.393 e. The van der Waals surface area contributed by atoms with E-state index in [-0.39, 0.29) is 6.10 Å². The van der Waals surface area contributed by atoms with Gasteiger partial charge in [-0.15, -0.1) is 0 Å². The van der Waals surface area contributed by atoms with E-state index in [1.807, 2.05) is 6.92 Å². The molecule has 0 aromatic carbocycles. The van der Waals surface area contributed by atoms with Gasteiger partial charge in [-0.05, 0) is 18.8 Å². The average Bonchev–Trinajstić information content (AvgIpc) is 2.58. The molecule has 1 aromatic heterocycles. The van der Waals surface area contributed by atoms with Crippen molar-refractivity contribution in [3.63, 3.8) is 0 Å². The summed E-state index contributed by atoms with van der Waals surface area (Å²) in [5.41, 5.74) is 0. The molecule has 0 unspecified atom stereocenters. The number of hydrogen-bond donors (Lipinski definition) is 2. The van der Waals surface area contributed by atoms with Gasteiger partial charge in [0.15, 0.2) is 0 Å². The van der Waals surface area contributed by atoms with Gasteiger partial charge in [-0.1, -0.05) is 6.92 Å². The molecule has 14 heavy (non-hydrogen) atoms. The first-order valence-electron chi connectivity index (χ1n) is 5.02. The topological polar surface area (TPSA) is 58.0 Å². The molecule has 0 atom stereocenters. The molecule has 0 aliphatic heterocycles. The van der Waals surface area contributed by atoms with Gasteiger partial charge in [0.05, 0.1) is 6.10 Å². The number of rotatable bonds is 4. The number of aliphatic hydroxyl groups excluding tert-OH is 1. The van der Waals surface area contributed by atoms with Crippen LogP contribution in [0.5, 0.6) is 0 Å². The van der Waals surface area contributed by atoms with Gasteiger partial charge in [0.25, 0.3) is 0 Å². The molecule has 2 rings (SSSR count). The lowest BCUT2D eigenvalue weighted by atomic mass is 9.82. The van der Waals surface area contributed by atoms with E-state index in [2.05, 4.69) is 14.7 Å². The van der Waals surface area contributed by atoms with Crippen LogP contribution in [0.2, 0.25) is 0 Å². The molecule has 5 heteroatoms. The molecule has 0 bridgehead atoms. The number of aromatic nitrogens is 2. The van der Waals surface area contributed by atoms with Gasteiger partial charge >= 0.3 is 0 Å². The Hall–Kier alpha value is -0.680. The molecule has 1 aliphatic carbocycles. The summed E-state index contributed by atoms with van der Waals surface area (Å²) in [4.78, 5) is 4.31. The summed E-state index contributed by atoms with van der Waals surface area (Å²) in [6.07, 6.45) is 2.67. The Morgan fingerprint density at radius 3 is 2.93 bits per heavy atom. The number of nitrogens with one attached hydrogen (secondary N) is 1. The molecule has 1 fully saturated rings. The van der Waals surface area contributed by atoms with Crippen molar-refractivity contribution >= 4 is 16.7 Å². The highest BCUT2D eigenvalue weighted by Crippen LogP contribution is 2.27. The Balaban J connectivity index is 1.75. The van der Waals surface area contributed by atoms with E-state index in [1.165, 1.54) is 11.5 Å². The number of hydrogen-bond acceptors (Lipinski definition) is 5. The Morgan fingerprint density at radius 1 is 1.57 bits per heavy atom. The van der Waals surface area contributed by atoms with Gasteiger partial charge in [0, 0.05) is 24.5 Å². The SMILES string of the molecule is CCc1nsc(NCC2CC(O)C2)n1. The smallest absolute Gasteiger partial charge is 0.202 e. The van der Waals surface area contributed by atoms with Crippen LogP contribution in [0.4, 0.5) is 5.13 Å². The molecule has 2 N–H and O–H groups in total. The van der Waals surface area contributed by atoms with Crippen LogP contribution in [-0.4, -0.2) is 27.1 Å². The predicted octanol–water partition coefficient (Wildman–Crippen LogP) is 1.28. The number of anilines is 1. The zero-order valence-corrected chi connectivity index (χ0v) is 9.05. The minimum Gasteiger partial charge on any atom is -0.393 e. The van der Waals surface area contributed by atoms with Crippen molar-refractivity contribution in [3.05, 3.63) is 5.82 Å². The molecule has 0 spiro atoms. The molecule has 78 valence electrons. The van der Waals surface area contributed by atoms with Gasteiger partial charge in [0.1, 0.15) is 5.82 Å². The molecule has 0 radical (unpaired) electrons. The van der Waals surface area contributed by atoms with Crippen LogP contribution in [0.25, 0.3) is 0 Å². The van der Waals surface area contributed by atoms with Crippen LogP contribution in [0, 0.1) is 5.92 Å². The fraction of sp³-hybridized carbons (Fsp3) is 0.778. The van der Waals surface area contributed by atoms with Gasteiger partial charge < -0.3 is 10.4 Å². The third-order valence-corrected chi connectivity index (χ3v) is 3.25. The normalized spacial score (nSPS) is 25.9. The van der Waals surface area contributed by atoms with Crippen LogP contribution < -0.4 is 5.32 Å². The summed E-state index contributed by atoms with van der Waals surface area (Å²) in [5, 5.41) is 13.3. The first-order valence-corrected chi connectivity index (χ1v) is 5.79. The second kappa shape index (κ2) is 4.23. The van der Waals surface area contributed by atoms with E-state index >= 15 is 0 Å². The van der Waals surface area contributed by atoms with E-state index in [1.54, 1.807) is 0 Å². The number of aryl methyl sites for hydroxylation is 1. The summed E-state index contributed by atoms with van der Waals surface area (Å²) in [5.74, 6) is 1.52. The molecular weight excluding hydrogens is 198 g/mol. The van der Waals surface area contributed by atoms with Crippen LogP contribution in [0.3, 0.4) is 0 Å². The highest BCUT2D eigenvalue weighted by Gasteiger charge is 2.26. The Morgan fingerprint density at radius 2 is 2.36 bits per heavy atom. The summed E-state index contributed by atoms with van der Waals surface area (Å²) >= 11 is 1.42. The monoisotopic (exact) mass is 213 g/mol. The Bertz CT molecular complexity index is 296. The summed E-state index contributed by atoms with van der Waals surface area (Å²) in [6, 6.07) is 0. The van der Waals surface area contributed by atoms with Crippen molar-refractivity contribution in [3.8, 4) is 0 Å². The molecule has 4 nitrogen and oxygen atoms in total. The number of nitrogens with zero attached hydrogens (tertiary/aromatic N) is 2. The van der Waals surface area contributed by atoms with Gasteiger partial charge in [0.2, 0.25) is 5.13 Å². The van der Waals surface area contributed by atoms with E-state index in [9.17, 15) is 0 Å². The van der Waals surface area contributed by atoms with Crippen LogP contribution >= 0.6 is 11.5 Å². The molecule has 1 aliphatic rings. The van der Waals surface area contributed by atoms with Crippen LogP contribution in [0.1, 0.15) is 25.6 Å². The Labute approximate surface area is 87.5 Å². The zero-order valence-electron chi connectivity index (χ0n) is 8.23. The van der Waals surface area contributed by atoms with E-state index < -0.39 is 0 Å². The molecule has 0 amide bonds. The second-order valence-electron chi connectivity index (χ2n) is 3.74. The summed E-state index contributed by atoms with van der Waals surface area (Å²) < 4.78 is 4.19. The zero-order chi connectivity index (χ0) is 9.97. The third-order valence-electron chi connectivity index (χ3n) is 2.54. The van der Waals surface area contributed by atoms with Crippen molar-refractivity contribution in [2.45, 2.75) is 32.3 Å². The summed E-state index contributed by atoms with van der Waals surface area (Å²) in [7, 11) is 0. The third kappa shape index (κ3) is 2.22. The van der Waals surface area contributed by atoms with Crippen molar-refractivity contribution in [1.29, 1.82) is 0 Å². The standard InChI is InChI=1S/C9H15N3OS/c1-2-8-11-9(14-12-8)10-5-6-3-7(13)4-6/h6-7,13H,2-5H2,1H3,(H,10,11,12). The first-order chi connectivity index (χ1) is 6.78. The second-order valence-corrected chi connectivity index (χ2v) is 4.49. The first kappa shape index (κ1) is 9.86. The van der Waals surface area contributed by atoms with Crippen molar-refractivity contribution in [2.24, 2.45) is 5.92 Å². The maximum Gasteiger partial charge on any atom is 0.202 e. The molecule has 1 aromatic rings. The highest BCUT2D eigenvalue weighted by atomic mass is 32.1. The van der Waals surface area contributed by atoms with Gasteiger partial charge in [-0.25, -0.2) is 4.98 Å². The molecule has 0 saturated heterocycles. The molecule has 1 saturated carbocycles. The van der Waals surface area contributed by atoms with Crippen LogP contribution in [-0.2, 0) is 6.42 Å². The fourth-order valence-corrected chi connectivity index (χ4v) is 2.22. The van der Waals surface area contributed by atoms with E-state index in [0.29, 0.717) is 5.92 Å². The minimum absolute atomic E-state index is 0.0672.